The number of carbonyl (C=O) groups excluding carboxylic acids is 1. The van der Waals surface area contributed by atoms with E-state index in [1.165, 1.54) is 11.0 Å². The molecule has 0 unspecified atom stereocenters. The Bertz CT molecular complexity index is 1070. The van der Waals surface area contributed by atoms with Crippen LogP contribution >= 0.6 is 11.6 Å². The second-order valence-electron chi connectivity index (χ2n) is 6.24. The molecule has 1 amide bonds. The fourth-order valence-corrected chi connectivity index (χ4v) is 2.92. The fraction of sp³-hybridized carbons (Fsp3) is 0.100. The van der Waals surface area contributed by atoms with Crippen molar-refractivity contribution in [2.24, 2.45) is 0 Å². The first-order chi connectivity index (χ1) is 13.6. The molecule has 0 bridgehead atoms. The predicted octanol–water partition coefficient (Wildman–Crippen LogP) is 3.85. The Morgan fingerprint density at radius 2 is 1.82 bits per heavy atom. The quantitative estimate of drug-likeness (QED) is 0.514. The lowest BCUT2D eigenvalue weighted by molar-refractivity contribution is 0.0776. The molecule has 0 aliphatic heterocycles. The molecule has 8 heteroatoms. The van der Waals surface area contributed by atoms with Gasteiger partial charge in [-0.3, -0.25) is 4.79 Å². The Labute approximate surface area is 166 Å². The minimum atomic E-state index is -0.104. The van der Waals surface area contributed by atoms with Crippen molar-refractivity contribution in [2.45, 2.75) is 6.54 Å². The van der Waals surface area contributed by atoms with Crippen LogP contribution in [0.2, 0.25) is 5.02 Å². The second-order valence-corrected chi connectivity index (χ2v) is 6.67. The molecule has 0 atom stereocenters. The van der Waals surface area contributed by atoms with Crippen LogP contribution in [0.1, 0.15) is 16.1 Å². The lowest BCUT2D eigenvalue weighted by atomic mass is 10.2. The third-order valence-corrected chi connectivity index (χ3v) is 4.51. The summed E-state index contributed by atoms with van der Waals surface area (Å²) in [6.45, 7) is 0.362. The van der Waals surface area contributed by atoms with Gasteiger partial charge in [0.25, 0.3) is 5.91 Å². The third kappa shape index (κ3) is 3.79. The van der Waals surface area contributed by atoms with Crippen molar-refractivity contribution in [3.8, 4) is 17.0 Å². The monoisotopic (exact) mass is 393 g/mol. The van der Waals surface area contributed by atoms with Gasteiger partial charge in [0, 0.05) is 23.2 Å². The molecule has 2 aromatic heterocycles. The molecule has 0 aliphatic rings. The number of hydrogen-bond acceptors (Lipinski definition) is 5. The van der Waals surface area contributed by atoms with Crippen LogP contribution in [0.3, 0.4) is 0 Å². The van der Waals surface area contributed by atoms with Crippen LogP contribution in [-0.2, 0) is 6.54 Å². The first-order valence-electron chi connectivity index (χ1n) is 8.54. The molecule has 140 valence electrons. The largest absolute Gasteiger partial charge is 0.459 e. The van der Waals surface area contributed by atoms with Gasteiger partial charge in [0.2, 0.25) is 0 Å². The molecule has 4 rings (SSSR count). The first-order valence-corrected chi connectivity index (χ1v) is 8.91. The van der Waals surface area contributed by atoms with Crippen LogP contribution in [0.25, 0.3) is 17.0 Å². The Morgan fingerprint density at radius 3 is 2.50 bits per heavy atom. The molecule has 0 aliphatic carbocycles. The van der Waals surface area contributed by atoms with Crippen LogP contribution in [0, 0.1) is 0 Å². The molecule has 4 aromatic rings. The van der Waals surface area contributed by atoms with E-state index in [2.05, 4.69) is 15.5 Å². The minimum Gasteiger partial charge on any atom is -0.459 e. The average Bonchev–Trinajstić information content (AvgIpc) is 3.40. The van der Waals surface area contributed by atoms with Gasteiger partial charge in [-0.1, -0.05) is 11.6 Å². The van der Waals surface area contributed by atoms with Gasteiger partial charge in [-0.15, -0.1) is 5.10 Å². The molecule has 0 fully saturated rings. The highest BCUT2D eigenvalue weighted by atomic mass is 35.5. The summed E-state index contributed by atoms with van der Waals surface area (Å²) < 4.78 is 7.40. The van der Waals surface area contributed by atoms with Crippen molar-refractivity contribution in [2.75, 3.05) is 7.05 Å². The van der Waals surface area contributed by atoms with E-state index < -0.39 is 0 Å². The SMILES string of the molecule is CN(Cc1ccc(-c2ccc(Cl)cc2)o1)C(=O)c1ccc(-n2cnnn2)cc1. The highest BCUT2D eigenvalue weighted by molar-refractivity contribution is 6.30. The van der Waals surface area contributed by atoms with Crippen LogP contribution in [0.4, 0.5) is 0 Å². The van der Waals surface area contributed by atoms with E-state index in [0.717, 1.165) is 17.0 Å². The summed E-state index contributed by atoms with van der Waals surface area (Å²) in [5.74, 6) is 1.33. The maximum Gasteiger partial charge on any atom is 0.254 e. The zero-order chi connectivity index (χ0) is 19.5. The fourth-order valence-electron chi connectivity index (χ4n) is 2.79. The minimum absolute atomic E-state index is 0.104. The number of carbonyl (C=O) groups is 1. The maximum absolute atomic E-state index is 12.7. The van der Waals surface area contributed by atoms with Crippen molar-refractivity contribution >= 4 is 17.5 Å². The Balaban J connectivity index is 1.44. The number of amides is 1. The molecule has 0 saturated heterocycles. The van der Waals surface area contributed by atoms with Crippen molar-refractivity contribution in [1.29, 1.82) is 0 Å². The maximum atomic E-state index is 12.7. The van der Waals surface area contributed by atoms with Crippen LogP contribution in [0.5, 0.6) is 0 Å². The van der Waals surface area contributed by atoms with Crippen molar-refractivity contribution in [1.82, 2.24) is 25.1 Å². The highest BCUT2D eigenvalue weighted by Gasteiger charge is 2.14. The van der Waals surface area contributed by atoms with Gasteiger partial charge in [-0.2, -0.15) is 0 Å². The molecule has 0 spiro atoms. The number of tetrazole rings is 1. The topological polar surface area (TPSA) is 77.0 Å². The normalized spacial score (nSPS) is 10.8. The Kier molecular flexibility index (Phi) is 4.90. The van der Waals surface area contributed by atoms with E-state index in [-0.39, 0.29) is 5.91 Å². The predicted molar refractivity (Wildman–Crippen MR) is 104 cm³/mol. The molecule has 28 heavy (non-hydrogen) atoms. The lowest BCUT2D eigenvalue weighted by Gasteiger charge is -2.16. The molecule has 0 N–H and O–H groups in total. The third-order valence-electron chi connectivity index (χ3n) is 4.26. The Hall–Kier alpha value is -3.45. The van der Waals surface area contributed by atoms with E-state index in [4.69, 9.17) is 16.0 Å². The molecular formula is C20H16ClN5O2. The summed E-state index contributed by atoms with van der Waals surface area (Å²) in [5.41, 5.74) is 2.29. The van der Waals surface area contributed by atoms with Crippen LogP contribution in [-0.4, -0.2) is 38.1 Å². The summed E-state index contributed by atoms with van der Waals surface area (Å²) in [6, 6.07) is 18.3. The van der Waals surface area contributed by atoms with Crippen molar-refractivity contribution < 1.29 is 9.21 Å². The number of hydrogen-bond donors (Lipinski definition) is 0. The smallest absolute Gasteiger partial charge is 0.254 e. The number of aromatic nitrogens is 4. The number of furan rings is 1. The summed E-state index contributed by atoms with van der Waals surface area (Å²) in [6.07, 6.45) is 1.50. The molecule has 2 heterocycles. The molecule has 2 aromatic carbocycles. The standard InChI is InChI=1S/C20H16ClN5O2/c1-25(12-18-10-11-19(28-18)14-2-6-16(21)7-3-14)20(27)15-4-8-17(9-5-15)26-13-22-23-24-26/h2-11,13H,12H2,1H3. The second kappa shape index (κ2) is 7.66. The summed E-state index contributed by atoms with van der Waals surface area (Å²) in [7, 11) is 1.74. The van der Waals surface area contributed by atoms with E-state index in [1.807, 2.05) is 36.4 Å². The molecule has 7 nitrogen and oxygen atoms in total. The number of rotatable bonds is 5. The van der Waals surface area contributed by atoms with Gasteiger partial charge in [0.05, 0.1) is 12.2 Å². The van der Waals surface area contributed by atoms with Crippen LogP contribution in [0.15, 0.2) is 71.4 Å². The van der Waals surface area contributed by atoms with Crippen LogP contribution < -0.4 is 0 Å². The van der Waals surface area contributed by atoms with Gasteiger partial charge in [-0.05, 0) is 71.1 Å². The molecule has 0 saturated carbocycles. The van der Waals surface area contributed by atoms with Crippen molar-refractivity contribution in [3.05, 3.63) is 83.3 Å². The highest BCUT2D eigenvalue weighted by Crippen LogP contribution is 2.24. The van der Waals surface area contributed by atoms with Crippen molar-refractivity contribution in [3.63, 3.8) is 0 Å². The average molecular weight is 394 g/mol. The number of nitrogens with zero attached hydrogens (tertiary/aromatic N) is 5. The number of halogens is 1. The van der Waals surface area contributed by atoms with Gasteiger partial charge in [0.1, 0.15) is 17.8 Å². The van der Waals surface area contributed by atoms with E-state index in [1.54, 1.807) is 36.2 Å². The number of benzene rings is 2. The van der Waals surface area contributed by atoms with Gasteiger partial charge in [0.15, 0.2) is 0 Å². The Morgan fingerprint density at radius 1 is 1.07 bits per heavy atom. The zero-order valence-electron chi connectivity index (χ0n) is 15.0. The van der Waals surface area contributed by atoms with Gasteiger partial charge < -0.3 is 9.32 Å². The lowest BCUT2D eigenvalue weighted by Crippen LogP contribution is -2.25. The van der Waals surface area contributed by atoms with E-state index in [0.29, 0.717) is 22.9 Å². The summed E-state index contributed by atoms with van der Waals surface area (Å²) in [4.78, 5) is 14.3. The zero-order valence-corrected chi connectivity index (χ0v) is 15.7. The van der Waals surface area contributed by atoms with E-state index in [9.17, 15) is 4.79 Å². The van der Waals surface area contributed by atoms with E-state index >= 15 is 0 Å². The summed E-state index contributed by atoms with van der Waals surface area (Å²) >= 11 is 5.92. The van der Waals surface area contributed by atoms with Gasteiger partial charge >= 0.3 is 0 Å². The van der Waals surface area contributed by atoms with Gasteiger partial charge in [-0.25, -0.2) is 4.68 Å². The summed E-state index contributed by atoms with van der Waals surface area (Å²) in [5, 5.41) is 11.7. The molecular weight excluding hydrogens is 378 g/mol. The first kappa shape index (κ1) is 17.9. The molecule has 0 radical (unpaired) electrons.